The fraction of sp³-hybridized carbons (Fsp3) is 0.571. The predicted octanol–water partition coefficient (Wildman–Crippen LogP) is 1.77. The summed E-state index contributed by atoms with van der Waals surface area (Å²) in [5, 5.41) is 0. The first-order valence-electron chi connectivity index (χ1n) is 3.41. The molecule has 0 amide bonds. The fourth-order valence-electron chi connectivity index (χ4n) is 0.485. The van der Waals surface area contributed by atoms with Crippen LogP contribution < -0.4 is 0 Å². The summed E-state index contributed by atoms with van der Waals surface area (Å²) in [4.78, 5) is 19.7. The van der Waals surface area contributed by atoms with Crippen molar-refractivity contribution in [2.24, 2.45) is 0 Å². The number of hydrogen-bond donors (Lipinski definition) is 1. The summed E-state index contributed by atoms with van der Waals surface area (Å²) in [6.07, 6.45) is 0.178. The standard InChI is InChI=1S/C7H13O3P/c1-4-11(9,10)5-6(2)7(3)8/h5H,4H2,1-3H3,(H,9,10). The summed E-state index contributed by atoms with van der Waals surface area (Å²) in [5.74, 6) is 1.00. The molecule has 64 valence electrons. The van der Waals surface area contributed by atoms with Crippen LogP contribution in [0.5, 0.6) is 0 Å². The minimum Gasteiger partial charge on any atom is -0.341 e. The molecule has 1 N–H and O–H groups in total. The average Bonchev–Trinajstić information content (AvgIpc) is 1.87. The van der Waals surface area contributed by atoms with Gasteiger partial charge in [-0.25, -0.2) is 0 Å². The van der Waals surface area contributed by atoms with Gasteiger partial charge in [0.25, 0.3) is 0 Å². The smallest absolute Gasteiger partial charge is 0.222 e. The van der Waals surface area contributed by atoms with E-state index >= 15 is 0 Å². The SMILES string of the molecule is CCP(=O)(O)C=C(C)C(C)=O. The van der Waals surface area contributed by atoms with E-state index in [0.717, 1.165) is 5.82 Å². The second-order valence-corrected chi connectivity index (χ2v) is 4.84. The highest BCUT2D eigenvalue weighted by Crippen LogP contribution is 2.42. The molecule has 0 spiro atoms. The van der Waals surface area contributed by atoms with Gasteiger partial charge in [-0.1, -0.05) is 6.92 Å². The zero-order chi connectivity index (χ0) is 9.07. The van der Waals surface area contributed by atoms with Crippen LogP contribution in [-0.4, -0.2) is 16.8 Å². The topological polar surface area (TPSA) is 54.4 Å². The van der Waals surface area contributed by atoms with E-state index in [0.29, 0.717) is 5.57 Å². The van der Waals surface area contributed by atoms with Crippen LogP contribution in [0.25, 0.3) is 0 Å². The second-order valence-electron chi connectivity index (χ2n) is 2.44. The molecular weight excluding hydrogens is 163 g/mol. The van der Waals surface area contributed by atoms with Crippen molar-refractivity contribution in [3.63, 3.8) is 0 Å². The number of Topliss-reactive ketones (excluding diaryl/α,β-unsaturated/α-hetero) is 1. The minimum absolute atomic E-state index is 0.160. The Balaban J connectivity index is 4.56. The lowest BCUT2D eigenvalue weighted by Crippen LogP contribution is -1.92. The van der Waals surface area contributed by atoms with Gasteiger partial charge in [0.15, 0.2) is 5.78 Å². The Kier molecular flexibility index (Phi) is 3.70. The Morgan fingerprint density at radius 3 is 2.27 bits per heavy atom. The molecule has 1 atom stereocenters. The van der Waals surface area contributed by atoms with Crippen LogP contribution in [0.3, 0.4) is 0 Å². The summed E-state index contributed by atoms with van der Waals surface area (Å²) in [7, 11) is -3.17. The zero-order valence-electron chi connectivity index (χ0n) is 7.00. The van der Waals surface area contributed by atoms with Crippen LogP contribution in [0.15, 0.2) is 11.4 Å². The van der Waals surface area contributed by atoms with Crippen molar-refractivity contribution in [2.75, 3.05) is 6.16 Å². The van der Waals surface area contributed by atoms with Crippen molar-refractivity contribution in [1.82, 2.24) is 0 Å². The molecule has 0 rings (SSSR count). The molecule has 0 aromatic heterocycles. The van der Waals surface area contributed by atoms with Crippen molar-refractivity contribution >= 4 is 13.2 Å². The van der Waals surface area contributed by atoms with Crippen LogP contribution >= 0.6 is 7.37 Å². The zero-order valence-corrected chi connectivity index (χ0v) is 7.89. The van der Waals surface area contributed by atoms with Gasteiger partial charge in [-0.2, -0.15) is 0 Å². The van der Waals surface area contributed by atoms with Gasteiger partial charge in [0, 0.05) is 12.0 Å². The van der Waals surface area contributed by atoms with Gasteiger partial charge >= 0.3 is 0 Å². The molecule has 0 aromatic rings. The molecule has 0 aromatic carbocycles. The molecule has 0 saturated heterocycles. The van der Waals surface area contributed by atoms with Crippen LogP contribution in [0.4, 0.5) is 0 Å². The molecule has 0 fully saturated rings. The second kappa shape index (κ2) is 3.84. The Bertz CT molecular complexity index is 230. The molecular formula is C7H13O3P. The molecule has 0 heterocycles. The Morgan fingerprint density at radius 1 is 1.55 bits per heavy atom. The maximum Gasteiger partial charge on any atom is 0.222 e. The lowest BCUT2D eigenvalue weighted by atomic mass is 10.2. The monoisotopic (exact) mass is 176 g/mol. The molecule has 0 radical (unpaired) electrons. The summed E-state index contributed by atoms with van der Waals surface area (Å²) in [5.41, 5.74) is 0.359. The molecule has 0 saturated carbocycles. The highest BCUT2D eigenvalue weighted by molar-refractivity contribution is 7.61. The van der Waals surface area contributed by atoms with Gasteiger partial charge in [-0.05, 0) is 19.4 Å². The largest absolute Gasteiger partial charge is 0.341 e. The molecule has 0 aliphatic carbocycles. The molecule has 0 aliphatic rings. The van der Waals surface area contributed by atoms with Crippen molar-refractivity contribution in [3.8, 4) is 0 Å². The van der Waals surface area contributed by atoms with Crippen molar-refractivity contribution in [1.29, 1.82) is 0 Å². The highest BCUT2D eigenvalue weighted by Gasteiger charge is 2.12. The molecule has 0 bridgehead atoms. The number of carbonyl (C=O) groups excluding carboxylic acids is 1. The highest BCUT2D eigenvalue weighted by atomic mass is 31.2. The van der Waals surface area contributed by atoms with Crippen molar-refractivity contribution < 1.29 is 14.3 Å². The van der Waals surface area contributed by atoms with Gasteiger partial charge in [0.2, 0.25) is 7.37 Å². The lowest BCUT2D eigenvalue weighted by molar-refractivity contribution is -0.113. The Hall–Kier alpha value is -0.400. The van der Waals surface area contributed by atoms with Gasteiger partial charge in [-0.3, -0.25) is 9.36 Å². The van der Waals surface area contributed by atoms with Crippen LogP contribution in [0, 0.1) is 0 Å². The van der Waals surface area contributed by atoms with E-state index in [1.165, 1.54) is 6.92 Å². The first-order valence-corrected chi connectivity index (χ1v) is 5.32. The maximum atomic E-state index is 11.0. The van der Waals surface area contributed by atoms with Crippen molar-refractivity contribution in [3.05, 3.63) is 11.4 Å². The molecule has 4 heteroatoms. The fourth-order valence-corrected chi connectivity index (χ4v) is 1.45. The van der Waals surface area contributed by atoms with E-state index in [-0.39, 0.29) is 11.9 Å². The van der Waals surface area contributed by atoms with E-state index < -0.39 is 7.37 Å². The average molecular weight is 176 g/mol. The lowest BCUT2D eigenvalue weighted by Gasteiger charge is -2.02. The van der Waals surface area contributed by atoms with Crippen LogP contribution in [-0.2, 0) is 9.36 Å². The molecule has 11 heavy (non-hydrogen) atoms. The van der Waals surface area contributed by atoms with Gasteiger partial charge in [0.1, 0.15) is 0 Å². The third-order valence-electron chi connectivity index (χ3n) is 1.40. The van der Waals surface area contributed by atoms with Gasteiger partial charge in [0.05, 0.1) is 0 Å². The number of ketones is 1. The third kappa shape index (κ3) is 4.12. The third-order valence-corrected chi connectivity index (χ3v) is 3.10. The maximum absolute atomic E-state index is 11.0. The number of hydrogen-bond acceptors (Lipinski definition) is 2. The first-order chi connectivity index (χ1) is 4.89. The first kappa shape index (κ1) is 10.6. The van der Waals surface area contributed by atoms with E-state index in [1.807, 2.05) is 0 Å². The number of rotatable bonds is 3. The van der Waals surface area contributed by atoms with Gasteiger partial charge in [-0.15, -0.1) is 0 Å². The van der Waals surface area contributed by atoms with Gasteiger partial charge < -0.3 is 4.89 Å². The quantitative estimate of drug-likeness (QED) is 0.526. The Labute approximate surface area is 66.6 Å². The molecule has 1 unspecified atom stereocenters. The Morgan fingerprint density at radius 2 is 2.00 bits per heavy atom. The van der Waals surface area contributed by atoms with Crippen LogP contribution in [0.1, 0.15) is 20.8 Å². The number of allylic oxidation sites excluding steroid dienone is 1. The summed E-state index contributed by atoms with van der Waals surface area (Å²) in [6.45, 7) is 4.53. The molecule has 3 nitrogen and oxygen atoms in total. The van der Waals surface area contributed by atoms with Crippen molar-refractivity contribution in [2.45, 2.75) is 20.8 Å². The van der Waals surface area contributed by atoms with E-state index in [9.17, 15) is 9.36 Å². The molecule has 0 aliphatic heterocycles. The van der Waals surface area contributed by atoms with E-state index in [2.05, 4.69) is 0 Å². The normalized spacial score (nSPS) is 17.6. The summed E-state index contributed by atoms with van der Waals surface area (Å²) >= 11 is 0. The summed E-state index contributed by atoms with van der Waals surface area (Å²) < 4.78 is 11.0. The number of carbonyl (C=O) groups is 1. The van der Waals surface area contributed by atoms with E-state index in [1.54, 1.807) is 13.8 Å². The predicted molar refractivity (Wildman–Crippen MR) is 44.8 cm³/mol. The summed E-state index contributed by atoms with van der Waals surface area (Å²) in [6, 6.07) is 0. The minimum atomic E-state index is -3.17. The van der Waals surface area contributed by atoms with E-state index in [4.69, 9.17) is 4.89 Å². The van der Waals surface area contributed by atoms with Crippen LogP contribution in [0.2, 0.25) is 0 Å².